The van der Waals surface area contributed by atoms with Gasteiger partial charge in [-0.1, -0.05) is 26.7 Å². The highest BCUT2D eigenvalue weighted by Gasteiger charge is 2.43. The normalized spacial score (nSPS) is 30.7. The third kappa shape index (κ3) is 2.21. The van der Waals surface area contributed by atoms with Crippen LogP contribution >= 0.6 is 0 Å². The van der Waals surface area contributed by atoms with Crippen molar-refractivity contribution in [1.82, 2.24) is 4.90 Å². The Kier molecular flexibility index (Phi) is 3.89. The summed E-state index contributed by atoms with van der Waals surface area (Å²) in [7, 11) is 0. The summed E-state index contributed by atoms with van der Waals surface area (Å²) in [5, 5.41) is 0. The molecule has 0 aromatic heterocycles. The summed E-state index contributed by atoms with van der Waals surface area (Å²) in [5.74, 6) is 1.02. The Morgan fingerprint density at radius 3 is 2.13 bits per heavy atom. The highest BCUT2D eigenvalue weighted by molar-refractivity contribution is 5.87. The molecule has 1 aliphatic heterocycles. The maximum atomic E-state index is 11.6. The minimum Gasteiger partial charge on any atom is -0.332 e. The fraction of sp³-hybridized carbons (Fsp3) is 0.833. The second kappa shape index (κ2) is 4.77. The monoisotopic (exact) mass is 211 g/mol. The van der Waals surface area contributed by atoms with Gasteiger partial charge in [-0.25, -0.2) is 0 Å². The van der Waals surface area contributed by atoms with Gasteiger partial charge in [-0.05, 0) is 18.8 Å². The second-order valence-corrected chi connectivity index (χ2v) is 4.47. The first-order valence-electron chi connectivity index (χ1n) is 5.80. The summed E-state index contributed by atoms with van der Waals surface area (Å²) < 4.78 is 0. The van der Waals surface area contributed by atoms with Crippen molar-refractivity contribution >= 4 is 11.7 Å². The van der Waals surface area contributed by atoms with Gasteiger partial charge in [0.2, 0.25) is 5.91 Å². The van der Waals surface area contributed by atoms with Crippen LogP contribution in [-0.2, 0) is 9.59 Å². The number of likely N-dealkylation sites (tertiary alicyclic amines) is 1. The Balaban J connectivity index is 2.93. The summed E-state index contributed by atoms with van der Waals surface area (Å²) in [6.45, 7) is 8.15. The van der Waals surface area contributed by atoms with E-state index in [1.165, 1.54) is 0 Å². The standard InChI is InChI=1S/C12H21NO2/c1-5-10-7-13(9(4)15)12(8(3)14)11(10)6-2/h10-12H,5-7H2,1-4H3/t10-,11?,12?/m0/s1. The van der Waals surface area contributed by atoms with E-state index in [0.29, 0.717) is 11.8 Å². The summed E-state index contributed by atoms with van der Waals surface area (Å²) in [6, 6.07) is -0.169. The van der Waals surface area contributed by atoms with Crippen LogP contribution in [0.3, 0.4) is 0 Å². The van der Waals surface area contributed by atoms with Crippen LogP contribution in [0.2, 0.25) is 0 Å². The van der Waals surface area contributed by atoms with Crippen LogP contribution in [0.4, 0.5) is 0 Å². The van der Waals surface area contributed by atoms with E-state index in [2.05, 4.69) is 13.8 Å². The zero-order chi connectivity index (χ0) is 11.6. The topological polar surface area (TPSA) is 37.4 Å². The summed E-state index contributed by atoms with van der Waals surface area (Å²) in [4.78, 5) is 24.8. The number of amides is 1. The Bertz CT molecular complexity index is 262. The number of hydrogen-bond donors (Lipinski definition) is 0. The van der Waals surface area contributed by atoms with Crippen molar-refractivity contribution in [2.45, 2.75) is 46.6 Å². The molecule has 0 aromatic carbocycles. The molecule has 0 saturated carbocycles. The van der Waals surface area contributed by atoms with Crippen molar-refractivity contribution in [3.8, 4) is 0 Å². The molecule has 0 N–H and O–H groups in total. The lowest BCUT2D eigenvalue weighted by Crippen LogP contribution is -2.41. The minimum atomic E-state index is -0.169. The van der Waals surface area contributed by atoms with E-state index in [0.717, 1.165) is 19.4 Å². The second-order valence-electron chi connectivity index (χ2n) is 4.47. The predicted molar refractivity (Wildman–Crippen MR) is 59.4 cm³/mol. The van der Waals surface area contributed by atoms with E-state index in [1.807, 2.05) is 0 Å². The Hall–Kier alpha value is -0.860. The van der Waals surface area contributed by atoms with E-state index in [9.17, 15) is 9.59 Å². The number of rotatable bonds is 3. The molecule has 1 rings (SSSR count). The highest BCUT2D eigenvalue weighted by Crippen LogP contribution is 2.34. The Morgan fingerprint density at radius 1 is 1.20 bits per heavy atom. The average Bonchev–Trinajstić information content (AvgIpc) is 2.55. The first kappa shape index (κ1) is 12.2. The third-order valence-corrected chi connectivity index (χ3v) is 3.59. The van der Waals surface area contributed by atoms with E-state index in [1.54, 1.807) is 18.7 Å². The van der Waals surface area contributed by atoms with Crippen molar-refractivity contribution in [1.29, 1.82) is 0 Å². The summed E-state index contributed by atoms with van der Waals surface area (Å²) in [6.07, 6.45) is 2.03. The molecule has 3 heteroatoms. The SMILES string of the molecule is CCC1C(C(C)=O)N(C(C)=O)C[C@@H]1CC. The van der Waals surface area contributed by atoms with Crippen LogP contribution in [-0.4, -0.2) is 29.2 Å². The van der Waals surface area contributed by atoms with Crippen LogP contribution in [0.5, 0.6) is 0 Å². The fourth-order valence-electron chi connectivity index (χ4n) is 2.82. The van der Waals surface area contributed by atoms with Crippen LogP contribution in [0.1, 0.15) is 40.5 Å². The van der Waals surface area contributed by atoms with E-state index < -0.39 is 0 Å². The molecule has 1 heterocycles. The van der Waals surface area contributed by atoms with Crippen molar-refractivity contribution in [2.24, 2.45) is 11.8 Å². The number of Topliss-reactive ketones (excluding diaryl/α,β-unsaturated/α-hetero) is 1. The van der Waals surface area contributed by atoms with Crippen molar-refractivity contribution < 1.29 is 9.59 Å². The molecule has 1 amide bonds. The van der Waals surface area contributed by atoms with Crippen molar-refractivity contribution in [2.75, 3.05) is 6.54 Å². The molecule has 15 heavy (non-hydrogen) atoms. The molecule has 0 aromatic rings. The number of hydrogen-bond acceptors (Lipinski definition) is 2. The maximum Gasteiger partial charge on any atom is 0.220 e. The number of carbonyl (C=O) groups excluding carboxylic acids is 2. The lowest BCUT2D eigenvalue weighted by molar-refractivity contribution is -0.136. The van der Waals surface area contributed by atoms with Gasteiger partial charge in [0, 0.05) is 13.5 Å². The van der Waals surface area contributed by atoms with Gasteiger partial charge in [0.15, 0.2) is 5.78 Å². The quantitative estimate of drug-likeness (QED) is 0.714. The van der Waals surface area contributed by atoms with Gasteiger partial charge in [0.1, 0.15) is 0 Å². The smallest absolute Gasteiger partial charge is 0.220 e. The van der Waals surface area contributed by atoms with Gasteiger partial charge in [-0.15, -0.1) is 0 Å². The van der Waals surface area contributed by atoms with Gasteiger partial charge in [-0.3, -0.25) is 9.59 Å². The largest absolute Gasteiger partial charge is 0.332 e. The number of nitrogens with zero attached hydrogens (tertiary/aromatic N) is 1. The predicted octanol–water partition coefficient (Wildman–Crippen LogP) is 1.86. The zero-order valence-electron chi connectivity index (χ0n) is 10.1. The molecule has 1 saturated heterocycles. The van der Waals surface area contributed by atoms with Gasteiger partial charge < -0.3 is 4.90 Å². The van der Waals surface area contributed by atoms with E-state index in [4.69, 9.17) is 0 Å². The first-order valence-corrected chi connectivity index (χ1v) is 5.80. The molecule has 0 bridgehead atoms. The lowest BCUT2D eigenvalue weighted by atomic mass is 9.85. The van der Waals surface area contributed by atoms with Crippen molar-refractivity contribution in [3.63, 3.8) is 0 Å². The lowest BCUT2D eigenvalue weighted by Gasteiger charge is -2.24. The third-order valence-electron chi connectivity index (χ3n) is 3.59. The molecule has 2 unspecified atom stereocenters. The van der Waals surface area contributed by atoms with Crippen molar-refractivity contribution in [3.05, 3.63) is 0 Å². The Morgan fingerprint density at radius 2 is 1.80 bits per heavy atom. The first-order chi connectivity index (χ1) is 7.02. The maximum absolute atomic E-state index is 11.6. The summed E-state index contributed by atoms with van der Waals surface area (Å²) in [5.41, 5.74) is 0. The molecular formula is C12H21NO2. The average molecular weight is 211 g/mol. The molecule has 3 nitrogen and oxygen atoms in total. The van der Waals surface area contributed by atoms with Gasteiger partial charge in [0.25, 0.3) is 0 Å². The molecule has 86 valence electrons. The van der Waals surface area contributed by atoms with Crippen LogP contribution < -0.4 is 0 Å². The van der Waals surface area contributed by atoms with E-state index in [-0.39, 0.29) is 17.7 Å². The molecule has 0 aliphatic carbocycles. The minimum absolute atomic E-state index is 0.0320. The van der Waals surface area contributed by atoms with E-state index >= 15 is 0 Å². The Labute approximate surface area is 91.8 Å². The number of ketones is 1. The van der Waals surface area contributed by atoms with Crippen LogP contribution in [0.15, 0.2) is 0 Å². The van der Waals surface area contributed by atoms with Gasteiger partial charge >= 0.3 is 0 Å². The molecule has 3 atom stereocenters. The molecular weight excluding hydrogens is 190 g/mol. The van der Waals surface area contributed by atoms with Crippen LogP contribution in [0.25, 0.3) is 0 Å². The van der Waals surface area contributed by atoms with Gasteiger partial charge in [-0.2, -0.15) is 0 Å². The fourth-order valence-corrected chi connectivity index (χ4v) is 2.82. The zero-order valence-corrected chi connectivity index (χ0v) is 10.1. The highest BCUT2D eigenvalue weighted by atomic mass is 16.2. The molecule has 1 fully saturated rings. The number of carbonyl (C=O) groups is 2. The molecule has 0 spiro atoms. The van der Waals surface area contributed by atoms with Gasteiger partial charge in [0.05, 0.1) is 6.04 Å². The molecule has 0 radical (unpaired) electrons. The summed E-state index contributed by atoms with van der Waals surface area (Å²) >= 11 is 0. The van der Waals surface area contributed by atoms with Crippen LogP contribution in [0, 0.1) is 11.8 Å². The molecule has 1 aliphatic rings.